The smallest absolute Gasteiger partial charge is 0.160 e. The first-order chi connectivity index (χ1) is 9.78. The van der Waals surface area contributed by atoms with E-state index in [4.69, 9.17) is 9.47 Å². The van der Waals surface area contributed by atoms with Crippen LogP contribution in [0.25, 0.3) is 11.4 Å². The predicted molar refractivity (Wildman–Crippen MR) is 74.8 cm³/mol. The lowest BCUT2D eigenvalue weighted by molar-refractivity contribution is 0.182. The lowest BCUT2D eigenvalue weighted by Crippen LogP contribution is -2.11. The molecule has 0 amide bonds. The summed E-state index contributed by atoms with van der Waals surface area (Å²) >= 11 is 0. The van der Waals surface area contributed by atoms with Gasteiger partial charge >= 0.3 is 0 Å². The van der Waals surface area contributed by atoms with Crippen LogP contribution in [0.4, 0.5) is 0 Å². The quantitative estimate of drug-likeness (QED) is 0.929. The van der Waals surface area contributed by atoms with E-state index in [-0.39, 0.29) is 5.75 Å². The van der Waals surface area contributed by atoms with Crippen molar-refractivity contribution in [2.24, 2.45) is 5.92 Å². The van der Waals surface area contributed by atoms with Crippen LogP contribution in [0.15, 0.2) is 30.6 Å². The number of rotatable bonds is 4. The van der Waals surface area contributed by atoms with Crippen molar-refractivity contribution in [1.29, 1.82) is 0 Å². The second-order valence-electron chi connectivity index (χ2n) is 5.02. The van der Waals surface area contributed by atoms with Crippen molar-refractivity contribution in [3.63, 3.8) is 0 Å². The van der Waals surface area contributed by atoms with Crippen LogP contribution in [0.5, 0.6) is 11.5 Å². The summed E-state index contributed by atoms with van der Waals surface area (Å²) in [6.45, 7) is 2.55. The SMILES string of the molecule is COc1ccc(-c2nccn2C[C@@H]2CCOC2)cc1O. The summed E-state index contributed by atoms with van der Waals surface area (Å²) in [5.74, 6) is 1.99. The van der Waals surface area contributed by atoms with Crippen molar-refractivity contribution in [2.45, 2.75) is 13.0 Å². The summed E-state index contributed by atoms with van der Waals surface area (Å²) in [6.07, 6.45) is 4.84. The second-order valence-corrected chi connectivity index (χ2v) is 5.02. The van der Waals surface area contributed by atoms with Crippen LogP contribution in [0.3, 0.4) is 0 Å². The predicted octanol–water partition coefficient (Wildman–Crippen LogP) is 2.30. The van der Waals surface area contributed by atoms with Crippen molar-refractivity contribution in [2.75, 3.05) is 20.3 Å². The van der Waals surface area contributed by atoms with E-state index in [1.807, 2.05) is 12.3 Å². The zero-order chi connectivity index (χ0) is 13.9. The molecule has 1 saturated heterocycles. The molecule has 0 radical (unpaired) electrons. The fraction of sp³-hybridized carbons (Fsp3) is 0.400. The Bertz CT molecular complexity index is 589. The number of aromatic hydroxyl groups is 1. The highest BCUT2D eigenvalue weighted by Gasteiger charge is 2.18. The molecule has 1 aliphatic rings. The van der Waals surface area contributed by atoms with Crippen LogP contribution in [0, 0.1) is 5.92 Å². The molecule has 0 spiro atoms. The molecular weight excluding hydrogens is 256 g/mol. The summed E-state index contributed by atoms with van der Waals surface area (Å²) in [7, 11) is 1.54. The second kappa shape index (κ2) is 5.54. The van der Waals surface area contributed by atoms with Gasteiger partial charge in [0.15, 0.2) is 11.5 Å². The molecule has 0 saturated carbocycles. The minimum atomic E-state index is 0.128. The van der Waals surface area contributed by atoms with E-state index in [1.165, 1.54) is 7.11 Å². The summed E-state index contributed by atoms with van der Waals surface area (Å²) in [5, 5.41) is 9.88. The molecule has 5 heteroatoms. The molecule has 5 nitrogen and oxygen atoms in total. The number of imidazole rings is 1. The standard InChI is InChI=1S/C15H18N2O3/c1-19-14-3-2-12(8-13(14)18)15-16-5-6-17(15)9-11-4-7-20-10-11/h2-3,5-6,8,11,18H,4,7,9-10H2,1H3/t11-/m0/s1. The topological polar surface area (TPSA) is 56.5 Å². The molecule has 3 rings (SSSR count). The van der Waals surface area contributed by atoms with Gasteiger partial charge in [0, 0.05) is 37.0 Å². The van der Waals surface area contributed by atoms with Gasteiger partial charge in [-0.3, -0.25) is 0 Å². The highest BCUT2D eigenvalue weighted by molar-refractivity contribution is 5.61. The zero-order valence-corrected chi connectivity index (χ0v) is 11.5. The van der Waals surface area contributed by atoms with Gasteiger partial charge in [-0.25, -0.2) is 4.98 Å². The Hall–Kier alpha value is -2.01. The largest absolute Gasteiger partial charge is 0.504 e. The summed E-state index contributed by atoms with van der Waals surface area (Å²) < 4.78 is 12.6. The monoisotopic (exact) mass is 274 g/mol. The van der Waals surface area contributed by atoms with Crippen LogP contribution in [-0.2, 0) is 11.3 Å². The Kier molecular flexibility index (Phi) is 3.60. The van der Waals surface area contributed by atoms with Gasteiger partial charge < -0.3 is 19.1 Å². The molecule has 106 valence electrons. The lowest BCUT2D eigenvalue weighted by Gasteiger charge is -2.12. The third-order valence-electron chi connectivity index (χ3n) is 3.63. The maximum Gasteiger partial charge on any atom is 0.160 e. The van der Waals surface area contributed by atoms with Gasteiger partial charge in [0.25, 0.3) is 0 Å². The summed E-state index contributed by atoms with van der Waals surface area (Å²) in [4.78, 5) is 4.40. The van der Waals surface area contributed by atoms with Gasteiger partial charge in [-0.15, -0.1) is 0 Å². The molecule has 0 unspecified atom stereocenters. The van der Waals surface area contributed by atoms with Crippen molar-refractivity contribution < 1.29 is 14.6 Å². The highest BCUT2D eigenvalue weighted by Crippen LogP contribution is 2.31. The Balaban J connectivity index is 1.86. The van der Waals surface area contributed by atoms with Crippen LogP contribution in [0.2, 0.25) is 0 Å². The number of phenols is 1. The van der Waals surface area contributed by atoms with Crippen LogP contribution in [-0.4, -0.2) is 35.0 Å². The number of hydrogen-bond donors (Lipinski definition) is 1. The van der Waals surface area contributed by atoms with Crippen molar-refractivity contribution in [3.8, 4) is 22.9 Å². The molecule has 2 heterocycles. The molecule has 1 N–H and O–H groups in total. The van der Waals surface area contributed by atoms with E-state index in [2.05, 4.69) is 9.55 Å². The number of aromatic nitrogens is 2. The van der Waals surface area contributed by atoms with E-state index in [0.29, 0.717) is 11.7 Å². The van der Waals surface area contributed by atoms with E-state index in [1.54, 1.807) is 18.3 Å². The number of phenolic OH excluding ortho intramolecular Hbond substituents is 1. The number of hydrogen-bond acceptors (Lipinski definition) is 4. The average Bonchev–Trinajstić information content (AvgIpc) is 3.11. The van der Waals surface area contributed by atoms with Gasteiger partial charge in [-0.05, 0) is 24.6 Å². The molecule has 0 aliphatic carbocycles. The summed E-state index contributed by atoms with van der Waals surface area (Å²) in [5.41, 5.74) is 0.882. The van der Waals surface area contributed by atoms with E-state index in [0.717, 1.165) is 37.6 Å². The van der Waals surface area contributed by atoms with E-state index >= 15 is 0 Å². The molecule has 2 aromatic rings. The van der Waals surface area contributed by atoms with Gasteiger partial charge in [0.1, 0.15) is 5.82 Å². The first kappa shape index (κ1) is 13.0. The number of methoxy groups -OCH3 is 1. The Labute approximate surface area is 117 Å². The van der Waals surface area contributed by atoms with Crippen LogP contribution in [0.1, 0.15) is 6.42 Å². The van der Waals surface area contributed by atoms with Crippen molar-refractivity contribution in [1.82, 2.24) is 9.55 Å². The number of benzene rings is 1. The zero-order valence-electron chi connectivity index (χ0n) is 11.5. The number of ether oxygens (including phenoxy) is 2. The molecular formula is C15H18N2O3. The lowest BCUT2D eigenvalue weighted by atomic mass is 10.1. The normalized spacial score (nSPS) is 18.4. The number of nitrogens with zero attached hydrogens (tertiary/aromatic N) is 2. The van der Waals surface area contributed by atoms with Crippen molar-refractivity contribution >= 4 is 0 Å². The Morgan fingerprint density at radius 3 is 3.10 bits per heavy atom. The molecule has 1 aromatic carbocycles. The minimum absolute atomic E-state index is 0.128. The van der Waals surface area contributed by atoms with E-state index in [9.17, 15) is 5.11 Å². The van der Waals surface area contributed by atoms with Gasteiger partial charge in [0.05, 0.1) is 13.7 Å². The fourth-order valence-electron chi connectivity index (χ4n) is 2.55. The minimum Gasteiger partial charge on any atom is -0.504 e. The molecule has 1 atom stereocenters. The molecule has 1 aliphatic heterocycles. The average molecular weight is 274 g/mol. The van der Waals surface area contributed by atoms with Gasteiger partial charge in [-0.2, -0.15) is 0 Å². The fourth-order valence-corrected chi connectivity index (χ4v) is 2.55. The first-order valence-electron chi connectivity index (χ1n) is 6.74. The van der Waals surface area contributed by atoms with Gasteiger partial charge in [-0.1, -0.05) is 0 Å². The van der Waals surface area contributed by atoms with Gasteiger partial charge in [0.2, 0.25) is 0 Å². The first-order valence-corrected chi connectivity index (χ1v) is 6.74. The molecule has 20 heavy (non-hydrogen) atoms. The highest BCUT2D eigenvalue weighted by atomic mass is 16.5. The summed E-state index contributed by atoms with van der Waals surface area (Å²) in [6, 6.07) is 5.34. The maximum absolute atomic E-state index is 9.88. The van der Waals surface area contributed by atoms with Crippen LogP contribution < -0.4 is 4.74 Å². The third-order valence-corrected chi connectivity index (χ3v) is 3.63. The van der Waals surface area contributed by atoms with E-state index < -0.39 is 0 Å². The molecule has 1 fully saturated rings. The molecule has 0 bridgehead atoms. The van der Waals surface area contributed by atoms with Crippen molar-refractivity contribution in [3.05, 3.63) is 30.6 Å². The maximum atomic E-state index is 9.88. The Morgan fingerprint density at radius 1 is 1.50 bits per heavy atom. The van der Waals surface area contributed by atoms with Crippen LogP contribution >= 0.6 is 0 Å². The third kappa shape index (κ3) is 2.49. The Morgan fingerprint density at radius 2 is 2.40 bits per heavy atom. The molecule has 1 aromatic heterocycles.